The molecule has 2 atom stereocenters. The summed E-state index contributed by atoms with van der Waals surface area (Å²) < 4.78 is 22.7. The molecule has 13 heteroatoms. The maximum absolute atomic E-state index is 15.5. The van der Waals surface area contributed by atoms with Crippen molar-refractivity contribution in [3.8, 4) is 0 Å². The minimum atomic E-state index is -0.771. The fraction of sp³-hybridized carbons (Fsp3) is 0.486. The van der Waals surface area contributed by atoms with Crippen molar-refractivity contribution in [1.29, 1.82) is 0 Å². The van der Waals surface area contributed by atoms with Crippen LogP contribution >= 0.6 is 22.9 Å². The molecule has 3 aliphatic rings. The van der Waals surface area contributed by atoms with Crippen LogP contribution in [0.2, 0.25) is 5.02 Å². The summed E-state index contributed by atoms with van der Waals surface area (Å²) in [5, 5.41) is 14.7. The zero-order chi connectivity index (χ0) is 33.9. The number of nitrogens with zero attached hydrogens (tertiary/aromatic N) is 3. The Morgan fingerprint density at radius 3 is 2.50 bits per heavy atom. The Morgan fingerprint density at radius 1 is 1.06 bits per heavy atom. The molecule has 2 aliphatic heterocycles. The lowest BCUT2D eigenvalue weighted by Crippen LogP contribution is -2.52. The fourth-order valence-corrected chi connectivity index (χ4v) is 8.35. The molecule has 3 heterocycles. The number of carbonyl (C=O) groups is 4. The summed E-state index contributed by atoms with van der Waals surface area (Å²) in [7, 11) is 0. The number of likely N-dealkylation sites (tertiary alicyclic amines) is 1. The summed E-state index contributed by atoms with van der Waals surface area (Å²) in [6, 6.07) is 9.93. The van der Waals surface area contributed by atoms with Crippen molar-refractivity contribution >= 4 is 62.4 Å². The van der Waals surface area contributed by atoms with Gasteiger partial charge in [-0.25, -0.2) is 4.39 Å². The average Bonchev–Trinajstić information content (AvgIpc) is 3.71. The van der Waals surface area contributed by atoms with Crippen LogP contribution in [-0.4, -0.2) is 101 Å². The number of carbonyl (C=O) groups excluding carboxylic acids is 3. The zero-order valence-electron chi connectivity index (χ0n) is 26.8. The predicted octanol–water partition coefficient (Wildman–Crippen LogP) is 5.28. The molecule has 1 saturated carbocycles. The molecule has 3 fully saturated rings. The van der Waals surface area contributed by atoms with E-state index in [9.17, 15) is 24.3 Å². The number of piperazine rings is 1. The van der Waals surface area contributed by atoms with Crippen LogP contribution in [-0.2, 0) is 25.5 Å². The van der Waals surface area contributed by atoms with E-state index >= 15 is 4.39 Å². The first-order valence-electron chi connectivity index (χ1n) is 16.5. The smallest absolute Gasteiger partial charge is 0.306 e. The molecular weight excluding hydrogens is 659 g/mol. The second kappa shape index (κ2) is 14.9. The molecule has 10 nitrogen and oxygen atoms in total. The lowest BCUT2D eigenvalue weighted by Gasteiger charge is -2.37. The van der Waals surface area contributed by atoms with Gasteiger partial charge in [0.05, 0.1) is 47.4 Å². The first kappa shape index (κ1) is 34.3. The normalized spacial score (nSPS) is 23.4. The lowest BCUT2D eigenvalue weighted by molar-refractivity contribution is -0.144. The molecule has 0 unspecified atom stereocenters. The van der Waals surface area contributed by atoms with Crippen LogP contribution < -0.4 is 5.32 Å². The van der Waals surface area contributed by atoms with Gasteiger partial charge < -0.3 is 25.0 Å². The molecule has 0 bridgehead atoms. The maximum atomic E-state index is 15.5. The van der Waals surface area contributed by atoms with Crippen LogP contribution in [0, 0.1) is 11.7 Å². The second-order valence-electron chi connectivity index (χ2n) is 13.0. The van der Waals surface area contributed by atoms with Crippen LogP contribution in [0.3, 0.4) is 0 Å². The van der Waals surface area contributed by atoms with Gasteiger partial charge in [0.1, 0.15) is 5.82 Å². The number of rotatable bonds is 9. The molecule has 0 radical (unpaired) electrons. The number of benzene rings is 2. The maximum Gasteiger partial charge on any atom is 0.306 e. The monoisotopic (exact) mass is 698 g/mol. The Morgan fingerprint density at radius 2 is 1.79 bits per heavy atom. The van der Waals surface area contributed by atoms with E-state index in [-0.39, 0.29) is 58.6 Å². The first-order valence-corrected chi connectivity index (χ1v) is 17.7. The van der Waals surface area contributed by atoms with Crippen LogP contribution in [0.15, 0.2) is 41.8 Å². The van der Waals surface area contributed by atoms with Crippen molar-refractivity contribution < 1.29 is 33.4 Å². The summed E-state index contributed by atoms with van der Waals surface area (Å²) >= 11 is 7.97. The van der Waals surface area contributed by atoms with Gasteiger partial charge in [0, 0.05) is 61.2 Å². The van der Waals surface area contributed by atoms with Crippen molar-refractivity contribution in [2.45, 2.75) is 63.6 Å². The molecule has 2 saturated heterocycles. The number of hydrogen-bond acceptors (Lipinski definition) is 7. The summed E-state index contributed by atoms with van der Waals surface area (Å²) in [5.41, 5.74) is 0.732. The zero-order valence-corrected chi connectivity index (χ0v) is 28.4. The van der Waals surface area contributed by atoms with Gasteiger partial charge in [-0.15, -0.1) is 11.3 Å². The number of nitrogens with one attached hydrogen (secondary N) is 1. The standard InChI is InChI=1S/C35H40ClFN4O6S/c1-21(42)39-10-12-40(13-11-39)24-16-25(19-47-26-8-6-22(7-9-26)35(45)46)41(18-24)33(43)15-23-14-29(36)31(17-30(23)37)38-34(44)28-20-48-32-5-3-2-4-27(28)32/h2-5,14,17,20,22,24-26H,6-13,15-16,18-19H2,1H3,(H,38,44)(H,45,46)/t22?,24-,25-,26?/m0/s1. The molecular formula is C35H40ClFN4O6S. The molecule has 0 spiro atoms. The van der Waals surface area contributed by atoms with E-state index in [1.165, 1.54) is 17.4 Å². The molecule has 3 amide bonds. The number of thiophene rings is 1. The number of amides is 3. The van der Waals surface area contributed by atoms with Crippen molar-refractivity contribution in [3.63, 3.8) is 0 Å². The number of anilines is 1. The summed E-state index contributed by atoms with van der Waals surface area (Å²) in [5.74, 6) is -2.36. The number of halogens is 2. The third kappa shape index (κ3) is 7.67. The largest absolute Gasteiger partial charge is 0.481 e. The highest BCUT2D eigenvalue weighted by molar-refractivity contribution is 7.17. The molecule has 2 aromatic carbocycles. The van der Waals surface area contributed by atoms with Crippen molar-refractivity contribution in [2.75, 3.05) is 44.6 Å². The number of ether oxygens (including phenoxy) is 1. The number of carboxylic acid groups (broad SMARTS) is 1. The van der Waals surface area contributed by atoms with E-state index in [4.69, 9.17) is 16.3 Å². The highest BCUT2D eigenvalue weighted by atomic mass is 35.5. The van der Waals surface area contributed by atoms with E-state index in [0.29, 0.717) is 77.0 Å². The van der Waals surface area contributed by atoms with Gasteiger partial charge in [-0.05, 0) is 55.9 Å². The third-order valence-electron chi connectivity index (χ3n) is 9.99. The van der Waals surface area contributed by atoms with E-state index in [1.807, 2.05) is 29.2 Å². The minimum Gasteiger partial charge on any atom is -0.481 e. The van der Waals surface area contributed by atoms with Crippen molar-refractivity contribution in [2.24, 2.45) is 5.92 Å². The van der Waals surface area contributed by atoms with Crippen LogP contribution in [0.5, 0.6) is 0 Å². The number of hydrogen-bond donors (Lipinski definition) is 2. The second-order valence-corrected chi connectivity index (χ2v) is 14.3. The topological polar surface area (TPSA) is 119 Å². The Kier molecular flexibility index (Phi) is 10.6. The van der Waals surface area contributed by atoms with Gasteiger partial charge in [-0.3, -0.25) is 24.1 Å². The molecule has 48 heavy (non-hydrogen) atoms. The third-order valence-corrected chi connectivity index (χ3v) is 11.3. The quantitative estimate of drug-likeness (QED) is 0.312. The van der Waals surface area contributed by atoms with Crippen LogP contribution in [0.1, 0.15) is 54.9 Å². The molecule has 256 valence electrons. The van der Waals surface area contributed by atoms with Gasteiger partial charge >= 0.3 is 5.97 Å². The number of carboxylic acids is 1. The van der Waals surface area contributed by atoms with Crippen LogP contribution in [0.25, 0.3) is 10.1 Å². The predicted molar refractivity (Wildman–Crippen MR) is 182 cm³/mol. The Labute approximate surface area is 287 Å². The highest BCUT2D eigenvalue weighted by Gasteiger charge is 2.40. The van der Waals surface area contributed by atoms with Crippen molar-refractivity contribution in [3.05, 3.63) is 63.7 Å². The fourth-order valence-electron chi connectivity index (χ4n) is 7.17. The van der Waals surface area contributed by atoms with E-state index in [2.05, 4.69) is 10.2 Å². The summed E-state index contributed by atoms with van der Waals surface area (Å²) in [6.45, 7) is 5.00. The Balaban J connectivity index is 1.12. The van der Waals surface area contributed by atoms with E-state index < -0.39 is 17.7 Å². The number of aliphatic carboxylic acids is 1. The van der Waals surface area contributed by atoms with Gasteiger partial charge in [-0.2, -0.15) is 0 Å². The van der Waals surface area contributed by atoms with Gasteiger partial charge in [0.15, 0.2) is 0 Å². The minimum absolute atomic E-state index is 0.0491. The number of fused-ring (bicyclic) bond motifs is 1. The molecule has 1 aromatic heterocycles. The summed E-state index contributed by atoms with van der Waals surface area (Å²) in [4.78, 5) is 56.0. The van der Waals surface area contributed by atoms with Crippen LogP contribution in [0.4, 0.5) is 10.1 Å². The summed E-state index contributed by atoms with van der Waals surface area (Å²) in [6.07, 6.45) is 2.85. The molecule has 2 N–H and O–H groups in total. The van der Waals surface area contributed by atoms with Gasteiger partial charge in [0.25, 0.3) is 5.91 Å². The van der Waals surface area contributed by atoms with E-state index in [0.717, 1.165) is 16.2 Å². The van der Waals surface area contributed by atoms with Gasteiger partial charge in [-0.1, -0.05) is 29.8 Å². The highest BCUT2D eigenvalue weighted by Crippen LogP contribution is 2.32. The van der Waals surface area contributed by atoms with E-state index in [1.54, 1.807) is 17.2 Å². The Bertz CT molecular complexity index is 1690. The molecule has 6 rings (SSSR count). The molecule has 3 aromatic rings. The first-order chi connectivity index (χ1) is 23.1. The molecule has 1 aliphatic carbocycles. The van der Waals surface area contributed by atoms with Crippen molar-refractivity contribution in [1.82, 2.24) is 14.7 Å². The van der Waals surface area contributed by atoms with Gasteiger partial charge in [0.2, 0.25) is 11.8 Å². The Hall–Kier alpha value is -3.58. The lowest BCUT2D eigenvalue weighted by atomic mass is 9.87. The SMILES string of the molecule is CC(=O)N1CCN([C@H]2C[C@@H](COC3CCC(C(=O)O)CC3)N(C(=O)Cc3cc(Cl)c(NC(=O)c4csc5ccccc45)cc3F)C2)CC1. The average molecular weight is 699 g/mol.